The second kappa shape index (κ2) is 3.87. The lowest BCUT2D eigenvalue weighted by Crippen LogP contribution is -2.49. The zero-order valence-corrected chi connectivity index (χ0v) is 12.4. The SMILES string of the molecule is CC(C)(C)C1=CCNC1C(C)(C)C(C)(C)C. The molecule has 1 unspecified atom stereocenters. The fourth-order valence-corrected chi connectivity index (χ4v) is 2.33. The molecule has 0 aromatic rings. The minimum absolute atomic E-state index is 0.266. The summed E-state index contributed by atoms with van der Waals surface area (Å²) in [6, 6.07) is 0.507. The minimum Gasteiger partial charge on any atom is -0.306 e. The van der Waals surface area contributed by atoms with E-state index in [0.717, 1.165) is 6.54 Å². The van der Waals surface area contributed by atoms with Crippen molar-refractivity contribution in [3.8, 4) is 0 Å². The Labute approximate surface area is 102 Å². The van der Waals surface area contributed by atoms with E-state index < -0.39 is 0 Å². The van der Waals surface area contributed by atoms with E-state index in [1.54, 1.807) is 5.57 Å². The molecule has 0 saturated carbocycles. The molecule has 1 aliphatic rings. The molecule has 0 radical (unpaired) electrons. The fraction of sp³-hybridized carbons (Fsp3) is 0.867. The van der Waals surface area contributed by atoms with Crippen LogP contribution in [0.25, 0.3) is 0 Å². The van der Waals surface area contributed by atoms with Crippen molar-refractivity contribution in [2.45, 2.75) is 61.4 Å². The summed E-state index contributed by atoms with van der Waals surface area (Å²) >= 11 is 0. The average molecular weight is 223 g/mol. The molecule has 1 N–H and O–H groups in total. The van der Waals surface area contributed by atoms with Gasteiger partial charge in [0.2, 0.25) is 0 Å². The van der Waals surface area contributed by atoms with Gasteiger partial charge in [0.05, 0.1) is 0 Å². The molecule has 0 amide bonds. The standard InChI is InChI=1S/C15H29N/c1-13(2,3)11-9-10-16-12(11)15(7,8)14(4,5)6/h9,12,16H,10H2,1-8H3. The summed E-state index contributed by atoms with van der Waals surface area (Å²) in [5.41, 5.74) is 2.42. The van der Waals surface area contributed by atoms with E-state index in [9.17, 15) is 0 Å². The molecule has 0 bridgehead atoms. The molecule has 0 aliphatic carbocycles. The Kier molecular flexibility index (Phi) is 3.33. The van der Waals surface area contributed by atoms with Gasteiger partial charge in [0.1, 0.15) is 0 Å². The summed E-state index contributed by atoms with van der Waals surface area (Å²) in [6.07, 6.45) is 2.39. The van der Waals surface area contributed by atoms with Crippen molar-refractivity contribution >= 4 is 0 Å². The Morgan fingerprint density at radius 2 is 1.50 bits per heavy atom. The summed E-state index contributed by atoms with van der Waals surface area (Å²) in [5.74, 6) is 0. The van der Waals surface area contributed by atoms with Crippen molar-refractivity contribution in [1.82, 2.24) is 5.32 Å². The maximum Gasteiger partial charge on any atom is 0.0344 e. The van der Waals surface area contributed by atoms with Crippen molar-refractivity contribution in [1.29, 1.82) is 0 Å². The molecule has 1 nitrogen and oxygen atoms in total. The van der Waals surface area contributed by atoms with Crippen molar-refractivity contribution in [3.05, 3.63) is 11.6 Å². The normalized spacial score (nSPS) is 23.5. The summed E-state index contributed by atoms with van der Waals surface area (Å²) in [4.78, 5) is 0. The van der Waals surface area contributed by atoms with Crippen LogP contribution in [0, 0.1) is 16.2 Å². The van der Waals surface area contributed by atoms with Gasteiger partial charge in [-0.05, 0) is 16.2 Å². The summed E-state index contributed by atoms with van der Waals surface area (Å²) in [5, 5.41) is 3.67. The maximum absolute atomic E-state index is 3.67. The molecule has 16 heavy (non-hydrogen) atoms. The Hall–Kier alpha value is -0.300. The molecule has 1 aliphatic heterocycles. The molecule has 1 heteroatoms. The zero-order valence-electron chi connectivity index (χ0n) is 12.4. The van der Waals surface area contributed by atoms with Gasteiger partial charge in [0.15, 0.2) is 0 Å². The van der Waals surface area contributed by atoms with Gasteiger partial charge in [-0.1, -0.05) is 67.0 Å². The van der Waals surface area contributed by atoms with E-state index in [-0.39, 0.29) is 10.8 Å². The highest BCUT2D eigenvalue weighted by atomic mass is 15.0. The molecular weight excluding hydrogens is 194 g/mol. The molecule has 1 rings (SSSR count). The van der Waals surface area contributed by atoms with Gasteiger partial charge in [0.25, 0.3) is 0 Å². The van der Waals surface area contributed by atoms with Crippen LogP contribution in [0.15, 0.2) is 11.6 Å². The van der Waals surface area contributed by atoms with E-state index in [1.807, 2.05) is 0 Å². The summed E-state index contributed by atoms with van der Waals surface area (Å²) < 4.78 is 0. The van der Waals surface area contributed by atoms with E-state index >= 15 is 0 Å². The Bertz CT molecular complexity index is 284. The van der Waals surface area contributed by atoms with E-state index in [4.69, 9.17) is 0 Å². The first-order valence-corrected chi connectivity index (χ1v) is 6.42. The van der Waals surface area contributed by atoms with Crippen LogP contribution in [0.3, 0.4) is 0 Å². The van der Waals surface area contributed by atoms with Gasteiger partial charge in [-0.15, -0.1) is 0 Å². The van der Waals surface area contributed by atoms with Crippen LogP contribution in [0.4, 0.5) is 0 Å². The molecule has 0 saturated heterocycles. The third-order valence-electron chi connectivity index (χ3n) is 4.48. The monoisotopic (exact) mass is 223 g/mol. The predicted octanol–water partition coefficient (Wildman–Crippen LogP) is 4.00. The Morgan fingerprint density at radius 3 is 1.88 bits per heavy atom. The largest absolute Gasteiger partial charge is 0.306 e. The topological polar surface area (TPSA) is 12.0 Å². The van der Waals surface area contributed by atoms with Gasteiger partial charge in [-0.3, -0.25) is 0 Å². The lowest BCUT2D eigenvalue weighted by Gasteiger charge is -2.47. The van der Waals surface area contributed by atoms with Crippen molar-refractivity contribution in [2.24, 2.45) is 16.2 Å². The van der Waals surface area contributed by atoms with Gasteiger partial charge in [0, 0.05) is 12.6 Å². The molecule has 0 fully saturated rings. The van der Waals surface area contributed by atoms with Gasteiger partial charge >= 0.3 is 0 Å². The van der Waals surface area contributed by atoms with Crippen LogP contribution < -0.4 is 5.32 Å². The first-order valence-electron chi connectivity index (χ1n) is 6.42. The van der Waals surface area contributed by atoms with Gasteiger partial charge < -0.3 is 5.32 Å². The van der Waals surface area contributed by atoms with Crippen LogP contribution >= 0.6 is 0 Å². The Balaban J connectivity index is 3.03. The van der Waals surface area contributed by atoms with E-state index in [1.165, 1.54) is 0 Å². The Morgan fingerprint density at radius 1 is 1.00 bits per heavy atom. The quantitative estimate of drug-likeness (QED) is 0.662. The van der Waals surface area contributed by atoms with Gasteiger partial charge in [-0.2, -0.15) is 0 Å². The average Bonchev–Trinajstić information content (AvgIpc) is 2.47. The summed E-state index contributed by atoms with van der Waals surface area (Å²) in [6.45, 7) is 19.8. The van der Waals surface area contributed by atoms with E-state index in [2.05, 4.69) is 66.8 Å². The maximum atomic E-state index is 3.67. The zero-order chi connectivity index (χ0) is 12.8. The second-order valence-electron chi connectivity index (χ2n) is 7.72. The predicted molar refractivity (Wildman–Crippen MR) is 72.6 cm³/mol. The number of hydrogen-bond donors (Lipinski definition) is 1. The fourth-order valence-electron chi connectivity index (χ4n) is 2.33. The molecule has 1 atom stereocenters. The highest BCUT2D eigenvalue weighted by Crippen LogP contribution is 2.47. The molecular formula is C15H29N. The first-order chi connectivity index (χ1) is 6.98. The molecule has 0 spiro atoms. The van der Waals surface area contributed by atoms with Crippen molar-refractivity contribution in [3.63, 3.8) is 0 Å². The highest BCUT2D eigenvalue weighted by molar-refractivity contribution is 5.27. The smallest absolute Gasteiger partial charge is 0.0344 e. The lowest BCUT2D eigenvalue weighted by molar-refractivity contribution is 0.0918. The van der Waals surface area contributed by atoms with Crippen LogP contribution in [-0.4, -0.2) is 12.6 Å². The van der Waals surface area contributed by atoms with Crippen molar-refractivity contribution in [2.75, 3.05) is 6.54 Å². The van der Waals surface area contributed by atoms with Crippen LogP contribution in [-0.2, 0) is 0 Å². The first kappa shape index (κ1) is 13.8. The summed E-state index contributed by atoms with van der Waals surface area (Å²) in [7, 11) is 0. The molecule has 0 aromatic carbocycles. The number of rotatable bonds is 1. The minimum atomic E-state index is 0.266. The third kappa shape index (κ3) is 2.34. The lowest BCUT2D eigenvalue weighted by atomic mass is 9.61. The molecule has 0 aromatic heterocycles. The molecule has 94 valence electrons. The second-order valence-corrected chi connectivity index (χ2v) is 7.72. The van der Waals surface area contributed by atoms with Gasteiger partial charge in [-0.25, -0.2) is 0 Å². The number of hydrogen-bond acceptors (Lipinski definition) is 1. The van der Waals surface area contributed by atoms with Crippen LogP contribution in [0.2, 0.25) is 0 Å². The highest BCUT2D eigenvalue weighted by Gasteiger charge is 2.44. The van der Waals surface area contributed by atoms with E-state index in [0.29, 0.717) is 11.5 Å². The van der Waals surface area contributed by atoms with Crippen LogP contribution in [0.1, 0.15) is 55.4 Å². The van der Waals surface area contributed by atoms with Crippen molar-refractivity contribution < 1.29 is 0 Å². The van der Waals surface area contributed by atoms with Crippen LogP contribution in [0.5, 0.6) is 0 Å². The third-order valence-corrected chi connectivity index (χ3v) is 4.48. The molecule has 1 heterocycles. The number of nitrogens with one attached hydrogen (secondary N) is 1.